The second-order valence-electron chi connectivity index (χ2n) is 5.90. The van der Waals surface area contributed by atoms with Crippen LogP contribution in [0.3, 0.4) is 0 Å². The number of sulfonamides is 1. The van der Waals surface area contributed by atoms with E-state index in [4.69, 9.17) is 0 Å². The maximum absolute atomic E-state index is 12.4. The summed E-state index contributed by atoms with van der Waals surface area (Å²) in [5.41, 5.74) is 1.52. The van der Waals surface area contributed by atoms with Crippen LogP contribution in [0.25, 0.3) is 0 Å². The van der Waals surface area contributed by atoms with Gasteiger partial charge in [-0.15, -0.1) is 0 Å². The number of aromatic nitrogens is 2. The molecular formula is C16H22N4O3S. The fourth-order valence-corrected chi connectivity index (χ4v) is 3.42. The highest BCUT2D eigenvalue weighted by Gasteiger charge is 2.22. The molecule has 0 fully saturated rings. The molecule has 0 aliphatic carbocycles. The molecule has 1 N–H and O–H groups in total. The topological polar surface area (TPSA) is 84.3 Å². The van der Waals surface area contributed by atoms with E-state index in [0.717, 1.165) is 5.56 Å². The third-order valence-corrected chi connectivity index (χ3v) is 5.66. The first-order chi connectivity index (χ1) is 11.2. The minimum Gasteiger partial charge on any atom is -0.324 e. The lowest BCUT2D eigenvalue weighted by Crippen LogP contribution is -2.33. The number of benzene rings is 1. The number of rotatable bonds is 6. The number of hydrogen-bond donors (Lipinski definition) is 1. The average molecular weight is 350 g/mol. The molecule has 0 atom stereocenters. The van der Waals surface area contributed by atoms with Crippen molar-refractivity contribution >= 4 is 21.6 Å². The Hall–Kier alpha value is -2.19. The van der Waals surface area contributed by atoms with Crippen LogP contribution in [0.2, 0.25) is 0 Å². The van der Waals surface area contributed by atoms with Crippen LogP contribution in [0.5, 0.6) is 0 Å². The molecule has 130 valence electrons. The third kappa shape index (κ3) is 4.21. The Morgan fingerprint density at radius 1 is 1.29 bits per heavy atom. The number of nitrogens with zero attached hydrogens (tertiary/aromatic N) is 3. The highest BCUT2D eigenvalue weighted by molar-refractivity contribution is 7.89. The van der Waals surface area contributed by atoms with Gasteiger partial charge in [0.2, 0.25) is 15.9 Å². The molecule has 7 nitrogen and oxygen atoms in total. The second kappa shape index (κ2) is 7.14. The minimum atomic E-state index is -3.52. The van der Waals surface area contributed by atoms with E-state index in [-0.39, 0.29) is 23.4 Å². The third-order valence-electron chi connectivity index (χ3n) is 3.61. The van der Waals surface area contributed by atoms with Gasteiger partial charge in [0.1, 0.15) is 6.54 Å². The Kier molecular flexibility index (Phi) is 5.40. The fraction of sp³-hybridized carbons (Fsp3) is 0.375. The van der Waals surface area contributed by atoms with Gasteiger partial charge in [0, 0.05) is 25.0 Å². The summed E-state index contributed by atoms with van der Waals surface area (Å²) in [4.78, 5) is 12.2. The average Bonchev–Trinajstić information content (AvgIpc) is 2.91. The van der Waals surface area contributed by atoms with Gasteiger partial charge < -0.3 is 5.32 Å². The first kappa shape index (κ1) is 18.2. The Labute approximate surface area is 142 Å². The zero-order valence-corrected chi connectivity index (χ0v) is 15.0. The van der Waals surface area contributed by atoms with Gasteiger partial charge in [0.15, 0.2) is 0 Å². The molecule has 2 rings (SSSR count). The molecule has 1 aromatic carbocycles. The van der Waals surface area contributed by atoms with Crippen molar-refractivity contribution in [2.75, 3.05) is 12.4 Å². The van der Waals surface area contributed by atoms with Gasteiger partial charge in [-0.2, -0.15) is 9.40 Å². The quantitative estimate of drug-likeness (QED) is 0.862. The summed E-state index contributed by atoms with van der Waals surface area (Å²) < 4.78 is 27.6. The lowest BCUT2D eigenvalue weighted by Gasteiger charge is -2.21. The Bertz CT molecular complexity index is 810. The van der Waals surface area contributed by atoms with Gasteiger partial charge in [0.25, 0.3) is 0 Å². The Morgan fingerprint density at radius 3 is 2.42 bits per heavy atom. The molecule has 0 saturated carbocycles. The van der Waals surface area contributed by atoms with Crippen LogP contribution < -0.4 is 5.32 Å². The summed E-state index contributed by atoms with van der Waals surface area (Å²) in [5.74, 6) is -0.229. The number of aryl methyl sites for hydroxylation is 1. The van der Waals surface area contributed by atoms with Gasteiger partial charge in [-0.25, -0.2) is 8.42 Å². The largest absolute Gasteiger partial charge is 0.324 e. The molecule has 2 aromatic rings. The molecule has 0 radical (unpaired) electrons. The van der Waals surface area contributed by atoms with Crippen LogP contribution in [0.4, 0.5) is 5.69 Å². The van der Waals surface area contributed by atoms with E-state index in [1.165, 1.54) is 16.4 Å². The maximum Gasteiger partial charge on any atom is 0.246 e. The molecule has 0 saturated heterocycles. The predicted octanol–water partition coefficient (Wildman–Crippen LogP) is 1.86. The van der Waals surface area contributed by atoms with Crippen LogP contribution in [0.15, 0.2) is 41.6 Å². The monoisotopic (exact) mass is 350 g/mol. The molecule has 1 heterocycles. The molecule has 0 spiro atoms. The number of anilines is 1. The van der Waals surface area contributed by atoms with E-state index in [2.05, 4.69) is 10.4 Å². The van der Waals surface area contributed by atoms with Gasteiger partial charge in [0.05, 0.1) is 11.1 Å². The molecule has 8 heteroatoms. The van der Waals surface area contributed by atoms with E-state index in [0.29, 0.717) is 5.69 Å². The zero-order chi connectivity index (χ0) is 17.9. The van der Waals surface area contributed by atoms with Gasteiger partial charge >= 0.3 is 0 Å². The number of carbonyl (C=O) groups excluding carboxylic acids is 1. The van der Waals surface area contributed by atoms with Gasteiger partial charge in [-0.05, 0) is 50.6 Å². The van der Waals surface area contributed by atoms with Gasteiger partial charge in [-0.3, -0.25) is 9.48 Å². The van der Waals surface area contributed by atoms with Crippen molar-refractivity contribution in [3.05, 3.63) is 42.2 Å². The molecule has 1 aromatic heterocycles. The summed E-state index contributed by atoms with van der Waals surface area (Å²) in [6.07, 6.45) is 3.45. The molecule has 0 aliphatic heterocycles. The van der Waals surface area contributed by atoms with Crippen LogP contribution in [0, 0.1) is 6.92 Å². The van der Waals surface area contributed by atoms with Crippen molar-refractivity contribution in [2.45, 2.75) is 38.3 Å². The fourth-order valence-electron chi connectivity index (χ4n) is 2.06. The molecule has 24 heavy (non-hydrogen) atoms. The second-order valence-corrected chi connectivity index (χ2v) is 7.90. The summed E-state index contributed by atoms with van der Waals surface area (Å²) in [6.45, 7) is 5.62. The molecule has 0 unspecified atom stereocenters. The summed E-state index contributed by atoms with van der Waals surface area (Å²) in [7, 11) is -1.98. The normalized spacial score (nSPS) is 11.9. The van der Waals surface area contributed by atoms with Crippen LogP contribution in [-0.2, 0) is 21.4 Å². The Morgan fingerprint density at radius 2 is 1.92 bits per heavy atom. The molecule has 0 bridgehead atoms. The number of nitrogens with one attached hydrogen (secondary N) is 1. The van der Waals surface area contributed by atoms with Crippen LogP contribution >= 0.6 is 0 Å². The van der Waals surface area contributed by atoms with E-state index < -0.39 is 10.0 Å². The van der Waals surface area contributed by atoms with E-state index in [1.54, 1.807) is 36.3 Å². The van der Waals surface area contributed by atoms with Crippen molar-refractivity contribution in [3.63, 3.8) is 0 Å². The van der Waals surface area contributed by atoms with Crippen LogP contribution in [-0.4, -0.2) is 41.5 Å². The SMILES string of the molecule is Cc1cnn(CC(=O)Nc2ccc(S(=O)(=O)N(C)C(C)C)cc2)c1. The minimum absolute atomic E-state index is 0.101. The number of hydrogen-bond acceptors (Lipinski definition) is 4. The van der Waals surface area contributed by atoms with Crippen molar-refractivity contribution in [1.29, 1.82) is 0 Å². The standard InChI is InChI=1S/C16H22N4O3S/c1-12(2)19(4)24(22,23)15-7-5-14(6-8-15)18-16(21)11-20-10-13(3)9-17-20/h5-10,12H,11H2,1-4H3,(H,18,21). The van der Waals surface area contributed by atoms with E-state index in [1.807, 2.05) is 20.8 Å². The van der Waals surface area contributed by atoms with Crippen molar-refractivity contribution < 1.29 is 13.2 Å². The number of carbonyl (C=O) groups is 1. The van der Waals surface area contributed by atoms with Crippen molar-refractivity contribution in [3.8, 4) is 0 Å². The van der Waals surface area contributed by atoms with E-state index >= 15 is 0 Å². The molecule has 1 amide bonds. The highest BCUT2D eigenvalue weighted by Crippen LogP contribution is 2.19. The van der Waals surface area contributed by atoms with E-state index in [9.17, 15) is 13.2 Å². The number of amides is 1. The highest BCUT2D eigenvalue weighted by atomic mass is 32.2. The van der Waals surface area contributed by atoms with Crippen molar-refractivity contribution in [2.24, 2.45) is 0 Å². The smallest absolute Gasteiger partial charge is 0.246 e. The van der Waals surface area contributed by atoms with Crippen LogP contribution in [0.1, 0.15) is 19.4 Å². The summed E-state index contributed by atoms with van der Waals surface area (Å²) in [6, 6.07) is 6.00. The summed E-state index contributed by atoms with van der Waals surface area (Å²) in [5, 5.41) is 6.77. The lowest BCUT2D eigenvalue weighted by molar-refractivity contribution is -0.116. The predicted molar refractivity (Wildman–Crippen MR) is 92.1 cm³/mol. The van der Waals surface area contributed by atoms with Crippen molar-refractivity contribution in [1.82, 2.24) is 14.1 Å². The first-order valence-corrected chi connectivity index (χ1v) is 9.01. The lowest BCUT2D eigenvalue weighted by atomic mass is 10.3. The Balaban J connectivity index is 2.05. The molecular weight excluding hydrogens is 328 g/mol. The summed E-state index contributed by atoms with van der Waals surface area (Å²) >= 11 is 0. The molecule has 0 aliphatic rings. The first-order valence-electron chi connectivity index (χ1n) is 7.57. The zero-order valence-electron chi connectivity index (χ0n) is 14.2. The maximum atomic E-state index is 12.4. The van der Waals surface area contributed by atoms with Gasteiger partial charge in [-0.1, -0.05) is 0 Å².